The maximum atomic E-state index is 13.2. The van der Waals surface area contributed by atoms with Gasteiger partial charge in [0.05, 0.1) is 11.6 Å². The summed E-state index contributed by atoms with van der Waals surface area (Å²) in [5.41, 5.74) is 2.27. The topological polar surface area (TPSA) is 44.1 Å². The van der Waals surface area contributed by atoms with Gasteiger partial charge in [0.25, 0.3) is 5.91 Å². The number of carbonyl (C=O) groups is 1. The number of benzene rings is 2. The molecule has 0 radical (unpaired) electrons. The van der Waals surface area contributed by atoms with Crippen LogP contribution >= 0.6 is 11.3 Å². The molecule has 0 spiro atoms. The van der Waals surface area contributed by atoms with Crippen LogP contribution in [0.4, 0.5) is 0 Å². The van der Waals surface area contributed by atoms with Crippen molar-refractivity contribution in [1.82, 2.24) is 4.90 Å². The van der Waals surface area contributed by atoms with Crippen LogP contribution in [0.3, 0.4) is 0 Å². The molecular weight excluding hydrogens is 340 g/mol. The Labute approximate surface area is 158 Å². The van der Waals surface area contributed by atoms with Gasteiger partial charge in [0, 0.05) is 29.4 Å². The van der Waals surface area contributed by atoms with Crippen molar-refractivity contribution in [2.45, 2.75) is 25.9 Å². The molecule has 130 valence electrons. The Morgan fingerprint density at radius 1 is 1.08 bits per heavy atom. The fourth-order valence-corrected chi connectivity index (χ4v) is 3.72. The Morgan fingerprint density at radius 2 is 1.81 bits per heavy atom. The minimum absolute atomic E-state index is 0.0117. The van der Waals surface area contributed by atoms with Gasteiger partial charge < -0.3 is 4.90 Å². The van der Waals surface area contributed by atoms with Crippen molar-refractivity contribution < 1.29 is 4.79 Å². The van der Waals surface area contributed by atoms with Crippen LogP contribution in [-0.2, 0) is 13.0 Å². The van der Waals surface area contributed by atoms with E-state index in [9.17, 15) is 4.79 Å². The largest absolute Gasteiger partial charge is 0.331 e. The molecule has 1 heterocycles. The van der Waals surface area contributed by atoms with Gasteiger partial charge in [-0.25, -0.2) is 0 Å². The lowest BCUT2D eigenvalue weighted by Crippen LogP contribution is -2.39. The summed E-state index contributed by atoms with van der Waals surface area (Å²) in [6.45, 7) is 2.65. The van der Waals surface area contributed by atoms with Gasteiger partial charge in [0.2, 0.25) is 0 Å². The smallest absolute Gasteiger partial charge is 0.254 e. The van der Waals surface area contributed by atoms with Crippen molar-refractivity contribution >= 4 is 17.2 Å². The van der Waals surface area contributed by atoms with Crippen molar-refractivity contribution in [3.05, 3.63) is 93.7 Å². The lowest BCUT2D eigenvalue weighted by atomic mass is 10.1. The molecule has 3 rings (SSSR count). The van der Waals surface area contributed by atoms with E-state index < -0.39 is 0 Å². The zero-order valence-corrected chi connectivity index (χ0v) is 15.4. The number of carbonyl (C=O) groups excluding carboxylic acids is 1. The number of rotatable bonds is 6. The molecule has 0 saturated carbocycles. The SMILES string of the molecule is C[C@H](Cc1cccs1)N(Cc1ccccc1)C(=O)c1ccc(C#N)cc1. The molecular formula is C22H20N2OS. The van der Waals surface area contributed by atoms with Crippen LogP contribution in [-0.4, -0.2) is 16.8 Å². The molecule has 1 atom stereocenters. The van der Waals surface area contributed by atoms with Gasteiger partial charge in [0.1, 0.15) is 0 Å². The average Bonchev–Trinajstić information content (AvgIpc) is 3.19. The van der Waals surface area contributed by atoms with Crippen molar-refractivity contribution in [1.29, 1.82) is 5.26 Å². The van der Waals surface area contributed by atoms with E-state index in [0.717, 1.165) is 12.0 Å². The fraction of sp³-hybridized carbons (Fsp3) is 0.182. The van der Waals surface area contributed by atoms with Crippen molar-refractivity contribution in [3.63, 3.8) is 0 Å². The van der Waals surface area contributed by atoms with Gasteiger partial charge in [-0.15, -0.1) is 11.3 Å². The van der Waals surface area contributed by atoms with Gasteiger partial charge in [-0.3, -0.25) is 4.79 Å². The van der Waals surface area contributed by atoms with Crippen LogP contribution in [0.1, 0.15) is 33.3 Å². The maximum Gasteiger partial charge on any atom is 0.254 e. The zero-order chi connectivity index (χ0) is 18.4. The lowest BCUT2D eigenvalue weighted by molar-refractivity contribution is 0.0676. The van der Waals surface area contributed by atoms with E-state index in [4.69, 9.17) is 5.26 Å². The number of hydrogen-bond donors (Lipinski definition) is 0. The number of nitriles is 1. The van der Waals surface area contributed by atoms with Crippen LogP contribution in [0, 0.1) is 11.3 Å². The molecule has 4 heteroatoms. The van der Waals surface area contributed by atoms with Crippen molar-refractivity contribution in [2.75, 3.05) is 0 Å². The number of hydrogen-bond acceptors (Lipinski definition) is 3. The number of thiophene rings is 1. The van der Waals surface area contributed by atoms with Gasteiger partial charge in [-0.1, -0.05) is 36.4 Å². The minimum atomic E-state index is -0.0117. The second-order valence-corrected chi connectivity index (χ2v) is 7.27. The molecule has 1 amide bonds. The first kappa shape index (κ1) is 17.9. The van der Waals surface area contributed by atoms with Crippen LogP contribution in [0.2, 0.25) is 0 Å². The molecule has 3 aromatic rings. The third kappa shape index (κ3) is 4.38. The standard InChI is InChI=1S/C22H20N2OS/c1-17(14-21-8-5-13-26-21)24(16-19-6-3-2-4-7-19)22(25)20-11-9-18(15-23)10-12-20/h2-13,17H,14,16H2,1H3/t17-/m1/s1. The van der Waals surface area contributed by atoms with Crippen LogP contribution in [0.25, 0.3) is 0 Å². The molecule has 0 bridgehead atoms. The molecule has 0 aliphatic rings. The summed E-state index contributed by atoms with van der Waals surface area (Å²) in [6.07, 6.45) is 0.826. The summed E-state index contributed by atoms with van der Waals surface area (Å²) in [4.78, 5) is 16.3. The minimum Gasteiger partial charge on any atom is -0.331 e. The highest BCUT2D eigenvalue weighted by molar-refractivity contribution is 7.09. The maximum absolute atomic E-state index is 13.2. The molecule has 0 N–H and O–H groups in total. The molecule has 0 aliphatic carbocycles. The molecule has 1 aromatic heterocycles. The van der Waals surface area contributed by atoms with Crippen LogP contribution in [0.15, 0.2) is 72.1 Å². The Bertz CT molecular complexity index is 880. The van der Waals surface area contributed by atoms with Crippen LogP contribution in [0.5, 0.6) is 0 Å². The lowest BCUT2D eigenvalue weighted by Gasteiger charge is -2.29. The molecule has 0 fully saturated rings. The Hall–Kier alpha value is -2.90. The first-order valence-electron chi connectivity index (χ1n) is 8.55. The quantitative estimate of drug-likeness (QED) is 0.628. The summed E-state index contributed by atoms with van der Waals surface area (Å²) in [5, 5.41) is 11.0. The normalized spacial score (nSPS) is 11.5. The third-order valence-corrected chi connectivity index (χ3v) is 5.23. The first-order chi connectivity index (χ1) is 12.7. The highest BCUT2D eigenvalue weighted by atomic mass is 32.1. The molecule has 3 nitrogen and oxygen atoms in total. The summed E-state index contributed by atoms with van der Waals surface area (Å²) in [7, 11) is 0. The average molecular weight is 360 g/mol. The van der Waals surface area contributed by atoms with Crippen molar-refractivity contribution in [3.8, 4) is 6.07 Å². The highest BCUT2D eigenvalue weighted by Crippen LogP contribution is 2.19. The van der Waals surface area contributed by atoms with E-state index in [1.54, 1.807) is 35.6 Å². The second kappa shape index (κ2) is 8.46. The van der Waals surface area contributed by atoms with Gasteiger partial charge in [0.15, 0.2) is 0 Å². The van der Waals surface area contributed by atoms with Gasteiger partial charge in [-0.2, -0.15) is 5.26 Å². The monoisotopic (exact) mass is 360 g/mol. The Morgan fingerprint density at radius 3 is 2.42 bits per heavy atom. The summed E-state index contributed by atoms with van der Waals surface area (Å²) < 4.78 is 0. The van der Waals surface area contributed by atoms with E-state index in [1.165, 1.54) is 4.88 Å². The van der Waals surface area contributed by atoms with Gasteiger partial charge >= 0.3 is 0 Å². The molecule has 0 saturated heterocycles. The number of nitrogens with zero attached hydrogens (tertiary/aromatic N) is 2. The summed E-state index contributed by atoms with van der Waals surface area (Å²) in [5.74, 6) is -0.0117. The van der Waals surface area contributed by atoms with Crippen molar-refractivity contribution in [2.24, 2.45) is 0 Å². The summed E-state index contributed by atoms with van der Waals surface area (Å²) >= 11 is 1.71. The van der Waals surface area contributed by atoms with E-state index in [1.807, 2.05) is 41.3 Å². The fourth-order valence-electron chi connectivity index (χ4n) is 2.89. The second-order valence-electron chi connectivity index (χ2n) is 6.24. The third-order valence-electron chi connectivity index (χ3n) is 4.33. The van der Waals surface area contributed by atoms with E-state index in [0.29, 0.717) is 17.7 Å². The predicted molar refractivity (Wildman–Crippen MR) is 105 cm³/mol. The molecule has 0 unspecified atom stereocenters. The Balaban J connectivity index is 1.85. The molecule has 2 aromatic carbocycles. The zero-order valence-electron chi connectivity index (χ0n) is 14.6. The molecule has 26 heavy (non-hydrogen) atoms. The van der Waals surface area contributed by atoms with E-state index in [-0.39, 0.29) is 11.9 Å². The summed E-state index contributed by atoms with van der Waals surface area (Å²) in [6, 6.07) is 23.2. The van der Waals surface area contributed by atoms with E-state index >= 15 is 0 Å². The Kier molecular flexibility index (Phi) is 5.83. The predicted octanol–water partition coefficient (Wildman–Crippen LogP) is 4.89. The van der Waals surface area contributed by atoms with E-state index in [2.05, 4.69) is 24.4 Å². The highest BCUT2D eigenvalue weighted by Gasteiger charge is 2.22. The number of amides is 1. The van der Waals surface area contributed by atoms with Crippen LogP contribution < -0.4 is 0 Å². The van der Waals surface area contributed by atoms with Gasteiger partial charge in [-0.05, 0) is 48.2 Å². The molecule has 0 aliphatic heterocycles. The first-order valence-corrected chi connectivity index (χ1v) is 9.43.